The number of carbonyl (C=O) groups is 1. The molecule has 2 aliphatic rings. The summed E-state index contributed by atoms with van der Waals surface area (Å²) in [6.07, 6.45) is 2.40. The molecule has 2 saturated heterocycles. The molecule has 20 heavy (non-hydrogen) atoms. The van der Waals surface area contributed by atoms with Crippen molar-refractivity contribution in [3.63, 3.8) is 0 Å². The third-order valence-electron chi connectivity index (χ3n) is 4.42. The molecule has 0 spiro atoms. The molecule has 108 valence electrons. The minimum Gasteiger partial charge on any atom is -0.480 e. The Morgan fingerprint density at radius 3 is 2.85 bits per heavy atom. The molecule has 0 saturated carbocycles. The molecule has 1 aromatic rings. The smallest absolute Gasteiger partial charge is 0.325 e. The van der Waals surface area contributed by atoms with Crippen molar-refractivity contribution in [2.45, 2.75) is 24.9 Å². The molecule has 1 N–H and O–H groups in total. The van der Waals surface area contributed by atoms with Crippen molar-refractivity contribution in [2.75, 3.05) is 26.2 Å². The van der Waals surface area contributed by atoms with Gasteiger partial charge in [0, 0.05) is 30.7 Å². The SMILES string of the molecule is O=C(O)C(c1ccccc1Cl)N1CCN2CCC[C@H]2C1. The van der Waals surface area contributed by atoms with Crippen LogP contribution in [0.3, 0.4) is 0 Å². The fourth-order valence-electron chi connectivity index (χ4n) is 3.43. The molecule has 2 heterocycles. The summed E-state index contributed by atoms with van der Waals surface area (Å²) in [5.41, 5.74) is 0.702. The van der Waals surface area contributed by atoms with Crippen LogP contribution in [0.25, 0.3) is 0 Å². The molecule has 0 amide bonds. The quantitative estimate of drug-likeness (QED) is 0.928. The molecule has 2 atom stereocenters. The minimum absolute atomic E-state index is 0.507. The molecular formula is C15H19ClN2O2. The number of rotatable bonds is 3. The van der Waals surface area contributed by atoms with Crippen LogP contribution >= 0.6 is 11.6 Å². The Hall–Kier alpha value is -1.10. The van der Waals surface area contributed by atoms with Gasteiger partial charge in [-0.25, -0.2) is 0 Å². The third-order valence-corrected chi connectivity index (χ3v) is 4.76. The Balaban J connectivity index is 1.84. The molecular weight excluding hydrogens is 276 g/mol. The second-order valence-electron chi connectivity index (χ2n) is 5.59. The Kier molecular flexibility index (Phi) is 3.96. The van der Waals surface area contributed by atoms with Crippen LogP contribution in [-0.4, -0.2) is 53.1 Å². The van der Waals surface area contributed by atoms with E-state index in [2.05, 4.69) is 9.80 Å². The van der Waals surface area contributed by atoms with Crippen LogP contribution in [0.5, 0.6) is 0 Å². The lowest BCUT2D eigenvalue weighted by molar-refractivity contribution is -0.144. The zero-order valence-corrected chi connectivity index (χ0v) is 12.1. The number of carboxylic acid groups (broad SMARTS) is 1. The van der Waals surface area contributed by atoms with Gasteiger partial charge >= 0.3 is 5.97 Å². The summed E-state index contributed by atoms with van der Waals surface area (Å²) < 4.78 is 0. The second-order valence-corrected chi connectivity index (χ2v) is 6.00. The fourth-order valence-corrected chi connectivity index (χ4v) is 3.67. The van der Waals surface area contributed by atoms with Crippen molar-refractivity contribution in [2.24, 2.45) is 0 Å². The molecule has 2 fully saturated rings. The zero-order chi connectivity index (χ0) is 14.1. The van der Waals surface area contributed by atoms with Crippen LogP contribution in [-0.2, 0) is 4.79 Å². The van der Waals surface area contributed by atoms with Crippen molar-refractivity contribution in [1.82, 2.24) is 9.80 Å². The number of hydrogen-bond acceptors (Lipinski definition) is 3. The maximum Gasteiger partial charge on any atom is 0.325 e. The summed E-state index contributed by atoms with van der Waals surface area (Å²) in [4.78, 5) is 16.3. The van der Waals surface area contributed by atoms with Gasteiger partial charge in [-0.2, -0.15) is 0 Å². The summed E-state index contributed by atoms with van der Waals surface area (Å²) in [5, 5.41) is 10.2. The van der Waals surface area contributed by atoms with Crippen LogP contribution in [0.2, 0.25) is 5.02 Å². The topological polar surface area (TPSA) is 43.8 Å². The standard InChI is InChI=1S/C15H19ClN2O2/c16-13-6-2-1-5-12(13)14(15(19)20)18-9-8-17-7-3-4-11(17)10-18/h1-2,5-6,11,14H,3-4,7-10H2,(H,19,20)/t11-,14?/m0/s1. The van der Waals surface area contributed by atoms with Gasteiger partial charge in [-0.15, -0.1) is 0 Å². The molecule has 1 unspecified atom stereocenters. The fraction of sp³-hybridized carbons (Fsp3) is 0.533. The van der Waals surface area contributed by atoms with Gasteiger partial charge in [0.1, 0.15) is 6.04 Å². The predicted molar refractivity (Wildman–Crippen MR) is 78.0 cm³/mol. The number of halogens is 1. The average Bonchev–Trinajstić information content (AvgIpc) is 2.88. The lowest BCUT2D eigenvalue weighted by Crippen LogP contribution is -2.52. The van der Waals surface area contributed by atoms with Crippen molar-refractivity contribution >= 4 is 17.6 Å². The van der Waals surface area contributed by atoms with Crippen LogP contribution < -0.4 is 0 Å². The summed E-state index contributed by atoms with van der Waals surface area (Å²) in [7, 11) is 0. The lowest BCUT2D eigenvalue weighted by atomic mass is 10.0. The van der Waals surface area contributed by atoms with E-state index in [4.69, 9.17) is 11.6 Å². The highest BCUT2D eigenvalue weighted by molar-refractivity contribution is 6.31. The second kappa shape index (κ2) is 5.72. The summed E-state index contributed by atoms with van der Waals surface area (Å²) >= 11 is 6.19. The number of fused-ring (bicyclic) bond motifs is 1. The largest absolute Gasteiger partial charge is 0.480 e. The predicted octanol–water partition coefficient (Wildman–Crippen LogP) is 2.25. The van der Waals surface area contributed by atoms with Gasteiger partial charge in [0.05, 0.1) is 0 Å². The van der Waals surface area contributed by atoms with E-state index < -0.39 is 12.0 Å². The molecule has 4 nitrogen and oxygen atoms in total. The van der Waals surface area contributed by atoms with Crippen molar-refractivity contribution in [1.29, 1.82) is 0 Å². The van der Waals surface area contributed by atoms with E-state index in [0.717, 1.165) is 26.2 Å². The van der Waals surface area contributed by atoms with E-state index in [1.165, 1.54) is 12.8 Å². The van der Waals surface area contributed by atoms with Gasteiger partial charge in [0.15, 0.2) is 0 Å². The summed E-state index contributed by atoms with van der Waals surface area (Å²) in [5.74, 6) is -0.815. The highest BCUT2D eigenvalue weighted by Gasteiger charge is 2.37. The first-order valence-corrected chi connectivity index (χ1v) is 7.50. The Labute approximate surface area is 123 Å². The highest BCUT2D eigenvalue weighted by Crippen LogP contribution is 2.31. The van der Waals surface area contributed by atoms with Crippen LogP contribution in [0.15, 0.2) is 24.3 Å². The molecule has 1 aromatic carbocycles. The first-order valence-electron chi connectivity index (χ1n) is 7.12. The molecule has 5 heteroatoms. The van der Waals surface area contributed by atoms with E-state index in [9.17, 15) is 9.90 Å². The van der Waals surface area contributed by atoms with E-state index >= 15 is 0 Å². The Morgan fingerprint density at radius 1 is 1.30 bits per heavy atom. The number of piperazine rings is 1. The molecule has 0 radical (unpaired) electrons. The highest BCUT2D eigenvalue weighted by atomic mass is 35.5. The summed E-state index contributed by atoms with van der Waals surface area (Å²) in [6.45, 7) is 3.72. The van der Waals surface area contributed by atoms with Gasteiger partial charge < -0.3 is 5.11 Å². The Morgan fingerprint density at radius 2 is 2.10 bits per heavy atom. The van der Waals surface area contributed by atoms with Crippen molar-refractivity contribution in [3.8, 4) is 0 Å². The molecule has 0 bridgehead atoms. The van der Waals surface area contributed by atoms with Gasteiger partial charge in [0.2, 0.25) is 0 Å². The van der Waals surface area contributed by atoms with Gasteiger partial charge in [-0.1, -0.05) is 29.8 Å². The number of benzene rings is 1. The van der Waals surface area contributed by atoms with E-state index in [-0.39, 0.29) is 0 Å². The molecule has 2 aliphatic heterocycles. The van der Waals surface area contributed by atoms with Crippen LogP contribution in [0.4, 0.5) is 0 Å². The van der Waals surface area contributed by atoms with Gasteiger partial charge in [0.25, 0.3) is 0 Å². The van der Waals surface area contributed by atoms with Crippen molar-refractivity contribution < 1.29 is 9.90 Å². The molecule has 0 aromatic heterocycles. The number of nitrogens with zero attached hydrogens (tertiary/aromatic N) is 2. The first-order chi connectivity index (χ1) is 9.66. The van der Waals surface area contributed by atoms with Gasteiger partial charge in [-0.05, 0) is 31.0 Å². The number of hydrogen-bond donors (Lipinski definition) is 1. The summed E-state index contributed by atoms with van der Waals surface area (Å²) in [6, 6.07) is 7.14. The first kappa shape index (κ1) is 13.9. The van der Waals surface area contributed by atoms with Gasteiger partial charge in [-0.3, -0.25) is 14.6 Å². The maximum atomic E-state index is 11.7. The normalized spacial score (nSPS) is 25.4. The van der Waals surface area contributed by atoms with E-state index in [1.54, 1.807) is 6.07 Å². The lowest BCUT2D eigenvalue weighted by Gasteiger charge is -2.40. The third kappa shape index (κ3) is 2.55. The number of carboxylic acids is 1. The zero-order valence-electron chi connectivity index (χ0n) is 11.3. The Bertz CT molecular complexity index is 508. The number of aliphatic carboxylic acids is 1. The minimum atomic E-state index is -0.815. The van der Waals surface area contributed by atoms with Crippen molar-refractivity contribution in [3.05, 3.63) is 34.9 Å². The maximum absolute atomic E-state index is 11.7. The van der Waals surface area contributed by atoms with Crippen LogP contribution in [0.1, 0.15) is 24.4 Å². The average molecular weight is 295 g/mol. The van der Waals surface area contributed by atoms with Crippen LogP contribution in [0, 0.1) is 0 Å². The monoisotopic (exact) mass is 294 g/mol. The molecule has 0 aliphatic carbocycles. The van der Waals surface area contributed by atoms with E-state index in [0.29, 0.717) is 16.6 Å². The molecule has 3 rings (SSSR count). The van der Waals surface area contributed by atoms with E-state index in [1.807, 2.05) is 18.2 Å².